The summed E-state index contributed by atoms with van der Waals surface area (Å²) in [5.41, 5.74) is 2.28. The Kier molecular flexibility index (Phi) is 3.33. The summed E-state index contributed by atoms with van der Waals surface area (Å²) in [6.07, 6.45) is -4.31. The van der Waals surface area contributed by atoms with Gasteiger partial charge >= 0.3 is 6.18 Å². The minimum atomic E-state index is -4.31. The van der Waals surface area contributed by atoms with Crippen LogP contribution >= 0.6 is 11.3 Å². The molecule has 0 amide bonds. The van der Waals surface area contributed by atoms with Gasteiger partial charge in [0.1, 0.15) is 0 Å². The van der Waals surface area contributed by atoms with Crippen LogP contribution in [0.3, 0.4) is 0 Å². The number of aromatic nitrogens is 1. The maximum absolute atomic E-state index is 12.4. The van der Waals surface area contributed by atoms with E-state index in [1.807, 2.05) is 5.38 Å². The fourth-order valence-corrected chi connectivity index (χ4v) is 1.88. The highest BCUT2D eigenvalue weighted by Crippen LogP contribution is 2.30. The van der Waals surface area contributed by atoms with Gasteiger partial charge in [0, 0.05) is 11.1 Å². The highest BCUT2D eigenvalue weighted by atomic mass is 32.1. The Morgan fingerprint density at radius 3 is 2.76 bits per heavy atom. The third kappa shape index (κ3) is 3.20. The van der Waals surface area contributed by atoms with Gasteiger partial charge in [-0.1, -0.05) is 6.07 Å². The Bertz CT molecular complexity index is 480. The van der Waals surface area contributed by atoms with Crippen molar-refractivity contribution in [3.63, 3.8) is 0 Å². The fourth-order valence-electron chi connectivity index (χ4n) is 1.32. The number of benzene rings is 1. The van der Waals surface area contributed by atoms with Crippen molar-refractivity contribution in [3.05, 3.63) is 46.4 Å². The van der Waals surface area contributed by atoms with Gasteiger partial charge in [0.25, 0.3) is 0 Å². The molecule has 0 aliphatic rings. The summed E-state index contributed by atoms with van der Waals surface area (Å²) in [4.78, 5) is 4.04. The van der Waals surface area contributed by atoms with E-state index in [0.29, 0.717) is 12.2 Å². The van der Waals surface area contributed by atoms with Gasteiger partial charge in [0.15, 0.2) is 0 Å². The van der Waals surface area contributed by atoms with Crippen LogP contribution in [-0.2, 0) is 12.7 Å². The van der Waals surface area contributed by atoms with E-state index in [-0.39, 0.29) is 0 Å². The number of alkyl halides is 3. The van der Waals surface area contributed by atoms with E-state index < -0.39 is 11.7 Å². The van der Waals surface area contributed by atoms with Gasteiger partial charge in [-0.2, -0.15) is 13.2 Å². The molecule has 0 aliphatic carbocycles. The van der Waals surface area contributed by atoms with Crippen LogP contribution in [0.1, 0.15) is 11.3 Å². The van der Waals surface area contributed by atoms with Crippen molar-refractivity contribution in [2.24, 2.45) is 0 Å². The lowest BCUT2D eigenvalue weighted by atomic mass is 10.2. The van der Waals surface area contributed by atoms with E-state index in [1.165, 1.54) is 17.4 Å². The summed E-state index contributed by atoms with van der Waals surface area (Å²) in [6, 6.07) is 5.12. The molecule has 17 heavy (non-hydrogen) atoms. The Labute approximate surface area is 100 Å². The molecule has 0 saturated heterocycles. The van der Waals surface area contributed by atoms with Crippen LogP contribution in [0.4, 0.5) is 18.9 Å². The third-order valence-electron chi connectivity index (χ3n) is 2.15. The molecule has 1 N–H and O–H groups in total. The van der Waals surface area contributed by atoms with Crippen LogP contribution < -0.4 is 5.32 Å². The van der Waals surface area contributed by atoms with E-state index in [0.717, 1.165) is 17.8 Å². The second kappa shape index (κ2) is 4.75. The Morgan fingerprint density at radius 1 is 1.29 bits per heavy atom. The zero-order valence-corrected chi connectivity index (χ0v) is 9.48. The second-order valence-corrected chi connectivity index (χ2v) is 4.13. The topological polar surface area (TPSA) is 24.9 Å². The van der Waals surface area contributed by atoms with E-state index in [9.17, 15) is 13.2 Å². The van der Waals surface area contributed by atoms with Crippen molar-refractivity contribution < 1.29 is 13.2 Å². The molecule has 90 valence electrons. The number of thiazole rings is 1. The number of rotatable bonds is 3. The zero-order valence-electron chi connectivity index (χ0n) is 8.66. The van der Waals surface area contributed by atoms with E-state index >= 15 is 0 Å². The fraction of sp³-hybridized carbons (Fsp3) is 0.182. The molecule has 2 rings (SSSR count). The van der Waals surface area contributed by atoms with Crippen LogP contribution in [-0.4, -0.2) is 4.98 Å². The number of anilines is 1. The van der Waals surface area contributed by atoms with E-state index in [4.69, 9.17) is 0 Å². The summed E-state index contributed by atoms with van der Waals surface area (Å²) in [7, 11) is 0. The number of halogens is 3. The largest absolute Gasteiger partial charge is 0.416 e. The van der Waals surface area contributed by atoms with Crippen LogP contribution in [0.15, 0.2) is 35.2 Å². The summed E-state index contributed by atoms with van der Waals surface area (Å²) >= 11 is 1.45. The lowest BCUT2D eigenvalue weighted by Gasteiger charge is -2.09. The number of nitrogens with zero attached hydrogens (tertiary/aromatic N) is 1. The maximum atomic E-state index is 12.4. The first-order valence-electron chi connectivity index (χ1n) is 4.84. The summed E-state index contributed by atoms with van der Waals surface area (Å²) < 4.78 is 37.3. The standard InChI is InChI=1S/C11H9F3N2S/c12-11(13,14)8-2-1-3-9(4-8)15-5-10-6-17-7-16-10/h1-4,6-7,15H,5H2. The quantitative estimate of drug-likeness (QED) is 0.906. The molecule has 1 aromatic carbocycles. The molecule has 2 aromatic rings. The summed E-state index contributed by atoms with van der Waals surface area (Å²) in [5, 5.41) is 4.75. The predicted octanol–water partition coefficient (Wildman–Crippen LogP) is 3.77. The molecule has 0 saturated carbocycles. The SMILES string of the molecule is FC(F)(F)c1cccc(NCc2cscn2)c1. The van der Waals surface area contributed by atoms with Gasteiger partial charge in [-0.15, -0.1) is 11.3 Å². The Balaban J connectivity index is 2.07. The van der Waals surface area contributed by atoms with Gasteiger partial charge in [0.05, 0.1) is 23.3 Å². The third-order valence-corrected chi connectivity index (χ3v) is 2.78. The lowest BCUT2D eigenvalue weighted by molar-refractivity contribution is -0.137. The first-order chi connectivity index (χ1) is 8.05. The Morgan fingerprint density at radius 2 is 2.12 bits per heavy atom. The molecule has 1 aromatic heterocycles. The predicted molar refractivity (Wildman–Crippen MR) is 60.9 cm³/mol. The average Bonchev–Trinajstić information content (AvgIpc) is 2.78. The van der Waals surface area contributed by atoms with Gasteiger partial charge in [-0.3, -0.25) is 0 Å². The summed E-state index contributed by atoms with van der Waals surface area (Å²) in [5.74, 6) is 0. The van der Waals surface area contributed by atoms with Crippen molar-refractivity contribution in [2.45, 2.75) is 12.7 Å². The van der Waals surface area contributed by atoms with Crippen molar-refractivity contribution >= 4 is 17.0 Å². The molecule has 0 spiro atoms. The van der Waals surface area contributed by atoms with Gasteiger partial charge < -0.3 is 5.32 Å². The van der Waals surface area contributed by atoms with Crippen LogP contribution in [0.5, 0.6) is 0 Å². The molecule has 1 heterocycles. The first-order valence-corrected chi connectivity index (χ1v) is 5.78. The highest BCUT2D eigenvalue weighted by Gasteiger charge is 2.30. The van der Waals surface area contributed by atoms with Crippen molar-refractivity contribution in [1.82, 2.24) is 4.98 Å². The van der Waals surface area contributed by atoms with Crippen LogP contribution in [0.2, 0.25) is 0 Å². The van der Waals surface area contributed by atoms with Crippen LogP contribution in [0.25, 0.3) is 0 Å². The van der Waals surface area contributed by atoms with Crippen molar-refractivity contribution in [2.75, 3.05) is 5.32 Å². The van der Waals surface area contributed by atoms with Gasteiger partial charge in [-0.25, -0.2) is 4.98 Å². The van der Waals surface area contributed by atoms with Gasteiger partial charge in [-0.05, 0) is 18.2 Å². The normalized spacial score (nSPS) is 11.5. The maximum Gasteiger partial charge on any atom is 0.416 e. The highest BCUT2D eigenvalue weighted by molar-refractivity contribution is 7.07. The van der Waals surface area contributed by atoms with Crippen LogP contribution in [0, 0.1) is 0 Å². The molecular formula is C11H9F3N2S. The molecule has 0 fully saturated rings. The molecule has 0 aliphatic heterocycles. The summed E-state index contributed by atoms with van der Waals surface area (Å²) in [6.45, 7) is 0.421. The minimum Gasteiger partial charge on any atom is -0.379 e. The second-order valence-electron chi connectivity index (χ2n) is 3.41. The molecule has 0 bridgehead atoms. The first kappa shape index (κ1) is 11.9. The molecule has 0 atom stereocenters. The monoisotopic (exact) mass is 258 g/mol. The number of nitrogens with one attached hydrogen (secondary N) is 1. The molecular weight excluding hydrogens is 249 g/mol. The van der Waals surface area contributed by atoms with E-state index in [1.54, 1.807) is 11.6 Å². The molecule has 6 heteroatoms. The van der Waals surface area contributed by atoms with Crippen molar-refractivity contribution in [3.8, 4) is 0 Å². The lowest BCUT2D eigenvalue weighted by Crippen LogP contribution is -2.06. The smallest absolute Gasteiger partial charge is 0.379 e. The number of hydrogen-bond acceptors (Lipinski definition) is 3. The average molecular weight is 258 g/mol. The minimum absolute atomic E-state index is 0.421. The molecule has 2 nitrogen and oxygen atoms in total. The molecule has 0 unspecified atom stereocenters. The van der Waals surface area contributed by atoms with E-state index in [2.05, 4.69) is 10.3 Å². The number of hydrogen-bond donors (Lipinski definition) is 1. The Hall–Kier alpha value is -1.56. The van der Waals surface area contributed by atoms with Gasteiger partial charge in [0.2, 0.25) is 0 Å². The van der Waals surface area contributed by atoms with Crippen molar-refractivity contribution in [1.29, 1.82) is 0 Å². The zero-order chi connectivity index (χ0) is 12.3. The molecule has 0 radical (unpaired) electrons.